The molecule has 0 bridgehead atoms. The molecule has 2 aliphatic rings. The number of aromatic nitrogens is 2. The summed E-state index contributed by atoms with van der Waals surface area (Å²) < 4.78 is 0.552. The predicted octanol–water partition coefficient (Wildman–Crippen LogP) is 1.86. The molecule has 0 amide bonds. The smallest absolute Gasteiger partial charge is 0.207 e. The average Bonchev–Trinajstić information content (AvgIpc) is 2.75. The Balaban J connectivity index is 1.58. The number of halogens is 1. The van der Waals surface area contributed by atoms with Gasteiger partial charge in [-0.1, -0.05) is 17.8 Å². The minimum atomic E-state index is 0.552. The Morgan fingerprint density at radius 3 is 3.00 bits per heavy atom. The van der Waals surface area contributed by atoms with Gasteiger partial charge in [0.15, 0.2) is 0 Å². The SMILES string of the molecule is Clc1nnc(CN2CCN3CCCCC3C2)s1. The Bertz CT molecular complexity index is 383. The summed E-state index contributed by atoms with van der Waals surface area (Å²) in [5.41, 5.74) is 0. The van der Waals surface area contributed by atoms with Gasteiger partial charge in [-0.15, -0.1) is 10.2 Å². The quantitative estimate of drug-likeness (QED) is 0.823. The molecule has 2 fully saturated rings. The first-order valence-corrected chi connectivity index (χ1v) is 7.45. The summed E-state index contributed by atoms with van der Waals surface area (Å²) >= 11 is 7.31. The number of hydrogen-bond acceptors (Lipinski definition) is 5. The first kappa shape index (κ1) is 11.8. The van der Waals surface area contributed by atoms with E-state index >= 15 is 0 Å². The number of nitrogens with zero attached hydrogens (tertiary/aromatic N) is 4. The van der Waals surface area contributed by atoms with Crippen LogP contribution >= 0.6 is 22.9 Å². The van der Waals surface area contributed by atoms with Gasteiger partial charge in [-0.3, -0.25) is 9.80 Å². The molecule has 6 heteroatoms. The number of fused-ring (bicyclic) bond motifs is 1. The molecule has 17 heavy (non-hydrogen) atoms. The van der Waals surface area contributed by atoms with Crippen LogP contribution in [0.2, 0.25) is 4.47 Å². The van der Waals surface area contributed by atoms with Crippen LogP contribution in [0.15, 0.2) is 0 Å². The molecule has 0 spiro atoms. The second-order valence-corrected chi connectivity index (χ2v) is 6.51. The van der Waals surface area contributed by atoms with Crippen LogP contribution in [0.5, 0.6) is 0 Å². The van der Waals surface area contributed by atoms with Gasteiger partial charge in [0.1, 0.15) is 5.01 Å². The highest BCUT2D eigenvalue weighted by molar-refractivity contribution is 7.15. The molecule has 1 aromatic rings. The van der Waals surface area contributed by atoms with Crippen molar-refractivity contribution in [3.63, 3.8) is 0 Å². The Kier molecular flexibility index (Phi) is 3.61. The van der Waals surface area contributed by atoms with Crippen molar-refractivity contribution >= 4 is 22.9 Å². The zero-order valence-corrected chi connectivity index (χ0v) is 11.4. The molecule has 1 unspecified atom stereocenters. The number of rotatable bonds is 2. The van der Waals surface area contributed by atoms with Gasteiger partial charge in [-0.05, 0) is 31.0 Å². The first-order chi connectivity index (χ1) is 8.31. The summed E-state index contributed by atoms with van der Waals surface area (Å²) in [4.78, 5) is 5.14. The van der Waals surface area contributed by atoms with Gasteiger partial charge in [0.05, 0.1) is 6.54 Å². The van der Waals surface area contributed by atoms with Crippen LogP contribution < -0.4 is 0 Å². The maximum absolute atomic E-state index is 5.81. The second kappa shape index (κ2) is 5.18. The van der Waals surface area contributed by atoms with E-state index in [2.05, 4.69) is 20.0 Å². The van der Waals surface area contributed by atoms with Crippen molar-refractivity contribution in [2.24, 2.45) is 0 Å². The van der Waals surface area contributed by atoms with Crippen LogP contribution in [0.1, 0.15) is 24.3 Å². The molecule has 0 aromatic carbocycles. The summed E-state index contributed by atoms with van der Waals surface area (Å²) in [6.45, 7) is 5.74. The lowest BCUT2D eigenvalue weighted by Gasteiger charge is -2.43. The van der Waals surface area contributed by atoms with E-state index in [9.17, 15) is 0 Å². The fourth-order valence-corrected chi connectivity index (χ4v) is 3.76. The Morgan fingerprint density at radius 2 is 2.18 bits per heavy atom. The van der Waals surface area contributed by atoms with Crippen molar-refractivity contribution in [1.82, 2.24) is 20.0 Å². The number of hydrogen-bond donors (Lipinski definition) is 0. The van der Waals surface area contributed by atoms with Crippen molar-refractivity contribution in [3.8, 4) is 0 Å². The van der Waals surface area contributed by atoms with Gasteiger partial charge in [-0.25, -0.2) is 0 Å². The van der Waals surface area contributed by atoms with Crippen molar-refractivity contribution in [3.05, 3.63) is 9.47 Å². The standard InChI is InChI=1S/C11H17ClN4S/c12-11-14-13-10(17-11)8-15-5-6-16-4-2-1-3-9(16)7-15/h9H,1-8H2. The molecular formula is C11H17ClN4S. The van der Waals surface area contributed by atoms with Crippen LogP contribution in [0.3, 0.4) is 0 Å². The lowest BCUT2D eigenvalue weighted by molar-refractivity contribution is 0.0455. The van der Waals surface area contributed by atoms with Gasteiger partial charge in [-0.2, -0.15) is 0 Å². The van der Waals surface area contributed by atoms with Crippen LogP contribution in [-0.2, 0) is 6.54 Å². The molecule has 0 saturated carbocycles. The van der Waals surface area contributed by atoms with Gasteiger partial charge < -0.3 is 0 Å². The summed E-state index contributed by atoms with van der Waals surface area (Å²) in [5.74, 6) is 0. The van der Waals surface area contributed by atoms with Crippen molar-refractivity contribution < 1.29 is 0 Å². The zero-order chi connectivity index (χ0) is 11.7. The third-order valence-electron chi connectivity index (χ3n) is 3.72. The Morgan fingerprint density at radius 1 is 1.24 bits per heavy atom. The van der Waals surface area contributed by atoms with Gasteiger partial charge in [0, 0.05) is 25.7 Å². The molecule has 3 heterocycles. The van der Waals surface area contributed by atoms with Gasteiger partial charge >= 0.3 is 0 Å². The third-order valence-corrected chi connectivity index (χ3v) is 4.73. The zero-order valence-electron chi connectivity index (χ0n) is 9.81. The lowest BCUT2D eigenvalue weighted by Crippen LogP contribution is -2.54. The van der Waals surface area contributed by atoms with Crippen LogP contribution in [0, 0.1) is 0 Å². The van der Waals surface area contributed by atoms with E-state index in [1.165, 1.54) is 50.2 Å². The molecule has 2 saturated heterocycles. The Hall–Kier alpha value is -0.230. The van der Waals surface area contributed by atoms with Crippen molar-refractivity contribution in [2.45, 2.75) is 31.8 Å². The van der Waals surface area contributed by atoms with E-state index in [4.69, 9.17) is 11.6 Å². The highest BCUT2D eigenvalue weighted by Gasteiger charge is 2.29. The van der Waals surface area contributed by atoms with E-state index in [0.717, 1.165) is 24.1 Å². The van der Waals surface area contributed by atoms with E-state index < -0.39 is 0 Å². The van der Waals surface area contributed by atoms with Crippen LogP contribution in [0.25, 0.3) is 0 Å². The molecule has 0 N–H and O–H groups in total. The normalized spacial score (nSPS) is 27.0. The third kappa shape index (κ3) is 2.78. The van der Waals surface area contributed by atoms with E-state index in [1.807, 2.05) is 0 Å². The molecule has 4 nitrogen and oxygen atoms in total. The average molecular weight is 273 g/mol. The topological polar surface area (TPSA) is 32.3 Å². The molecular weight excluding hydrogens is 256 g/mol. The first-order valence-electron chi connectivity index (χ1n) is 6.25. The highest BCUT2D eigenvalue weighted by Crippen LogP contribution is 2.23. The molecule has 3 rings (SSSR count). The van der Waals surface area contributed by atoms with E-state index in [1.54, 1.807) is 0 Å². The summed E-state index contributed by atoms with van der Waals surface area (Å²) in [6, 6.07) is 0.765. The number of piperidine rings is 1. The fourth-order valence-electron chi connectivity index (χ4n) is 2.85. The molecule has 0 radical (unpaired) electrons. The van der Waals surface area contributed by atoms with Crippen LogP contribution in [0.4, 0.5) is 0 Å². The molecule has 0 aliphatic carbocycles. The molecule has 1 atom stereocenters. The summed E-state index contributed by atoms with van der Waals surface area (Å²) in [7, 11) is 0. The van der Waals surface area contributed by atoms with Crippen molar-refractivity contribution in [1.29, 1.82) is 0 Å². The summed E-state index contributed by atoms with van der Waals surface area (Å²) in [6.07, 6.45) is 4.12. The minimum Gasteiger partial charge on any atom is -0.298 e. The van der Waals surface area contributed by atoms with Gasteiger partial charge in [0.25, 0.3) is 0 Å². The van der Waals surface area contributed by atoms with Crippen LogP contribution in [-0.4, -0.2) is 52.2 Å². The van der Waals surface area contributed by atoms with E-state index in [0.29, 0.717) is 4.47 Å². The maximum Gasteiger partial charge on any atom is 0.207 e. The number of piperazine rings is 1. The second-order valence-electron chi connectivity index (χ2n) is 4.87. The Labute approximate surface area is 111 Å². The fraction of sp³-hybridized carbons (Fsp3) is 0.818. The monoisotopic (exact) mass is 272 g/mol. The predicted molar refractivity (Wildman–Crippen MR) is 69.4 cm³/mol. The van der Waals surface area contributed by atoms with Gasteiger partial charge in [0.2, 0.25) is 4.47 Å². The van der Waals surface area contributed by atoms with E-state index in [-0.39, 0.29) is 0 Å². The molecule has 1 aromatic heterocycles. The molecule has 94 valence electrons. The molecule has 2 aliphatic heterocycles. The summed E-state index contributed by atoms with van der Waals surface area (Å²) in [5, 5.41) is 9.00. The largest absolute Gasteiger partial charge is 0.298 e. The lowest BCUT2D eigenvalue weighted by atomic mass is 9.99. The minimum absolute atomic E-state index is 0.552. The maximum atomic E-state index is 5.81. The highest BCUT2D eigenvalue weighted by atomic mass is 35.5. The van der Waals surface area contributed by atoms with Crippen molar-refractivity contribution in [2.75, 3.05) is 26.2 Å².